The molecule has 20 heavy (non-hydrogen) atoms. The van der Waals surface area contributed by atoms with E-state index in [1.165, 1.54) is 5.56 Å². The van der Waals surface area contributed by atoms with E-state index in [1.54, 1.807) is 0 Å². The Balaban J connectivity index is 1.70. The van der Waals surface area contributed by atoms with Crippen molar-refractivity contribution in [1.29, 1.82) is 0 Å². The summed E-state index contributed by atoms with van der Waals surface area (Å²) < 4.78 is 11.2. The van der Waals surface area contributed by atoms with Gasteiger partial charge in [-0.2, -0.15) is 0 Å². The van der Waals surface area contributed by atoms with Crippen molar-refractivity contribution in [2.24, 2.45) is 0 Å². The van der Waals surface area contributed by atoms with Gasteiger partial charge in [-0.3, -0.25) is 0 Å². The minimum Gasteiger partial charge on any atom is -0.493 e. The van der Waals surface area contributed by atoms with E-state index in [0.29, 0.717) is 0 Å². The molecule has 112 valence electrons. The Bertz CT molecular complexity index is 438. The molecule has 0 atom stereocenters. The van der Waals surface area contributed by atoms with Gasteiger partial charge in [-0.05, 0) is 31.8 Å². The lowest BCUT2D eigenvalue weighted by Gasteiger charge is -2.12. The van der Waals surface area contributed by atoms with E-state index in [0.717, 1.165) is 62.2 Å². The second-order valence-electron chi connectivity index (χ2n) is 5.24. The summed E-state index contributed by atoms with van der Waals surface area (Å²) in [5.41, 5.74) is 2.36. The summed E-state index contributed by atoms with van der Waals surface area (Å²) in [5.74, 6) is 1.01. The number of benzene rings is 1. The first-order valence-corrected chi connectivity index (χ1v) is 7.42. The zero-order valence-corrected chi connectivity index (χ0v) is 13.0. The highest BCUT2D eigenvalue weighted by molar-refractivity contribution is 6.30. The molecule has 0 spiro atoms. The second-order valence-corrected chi connectivity index (χ2v) is 5.68. The molecular weight excluding hydrogens is 276 g/mol. The Hall–Kier alpha value is -0.810. The summed E-state index contributed by atoms with van der Waals surface area (Å²) >= 11 is 6.13. The summed E-state index contributed by atoms with van der Waals surface area (Å²) in [7, 11) is 4.09. The normalized spacial score (nSPS) is 13.6. The zero-order chi connectivity index (χ0) is 14.4. The van der Waals surface area contributed by atoms with Gasteiger partial charge in [-0.25, -0.2) is 0 Å². The summed E-state index contributed by atoms with van der Waals surface area (Å²) in [6.45, 7) is 4.79. The monoisotopic (exact) mass is 298 g/mol. The van der Waals surface area contributed by atoms with Crippen molar-refractivity contribution in [2.75, 3.05) is 47.0 Å². The van der Waals surface area contributed by atoms with Crippen LogP contribution < -0.4 is 10.1 Å². The molecule has 1 heterocycles. The van der Waals surface area contributed by atoms with Crippen LogP contribution in [0.15, 0.2) is 12.1 Å². The number of nitrogens with one attached hydrogen (secondary N) is 1. The number of fused-ring (bicyclic) bond motifs is 1. The van der Waals surface area contributed by atoms with E-state index < -0.39 is 0 Å². The molecule has 1 aromatic rings. The van der Waals surface area contributed by atoms with Gasteiger partial charge in [-0.1, -0.05) is 11.6 Å². The van der Waals surface area contributed by atoms with E-state index in [2.05, 4.69) is 10.2 Å². The van der Waals surface area contributed by atoms with Gasteiger partial charge in [0.2, 0.25) is 0 Å². The molecule has 0 aliphatic carbocycles. The number of hydrogen-bond donors (Lipinski definition) is 1. The van der Waals surface area contributed by atoms with Crippen LogP contribution in [-0.4, -0.2) is 51.9 Å². The highest BCUT2D eigenvalue weighted by Crippen LogP contribution is 2.32. The Morgan fingerprint density at radius 2 is 2.20 bits per heavy atom. The van der Waals surface area contributed by atoms with Gasteiger partial charge in [0, 0.05) is 36.6 Å². The number of ether oxygens (including phenoxy) is 2. The van der Waals surface area contributed by atoms with Crippen LogP contribution in [0.4, 0.5) is 0 Å². The minimum atomic E-state index is 0.720. The van der Waals surface area contributed by atoms with Gasteiger partial charge in [0.25, 0.3) is 0 Å². The maximum Gasteiger partial charge on any atom is 0.127 e. The Morgan fingerprint density at radius 3 is 3.00 bits per heavy atom. The van der Waals surface area contributed by atoms with Crippen LogP contribution in [0.3, 0.4) is 0 Å². The van der Waals surface area contributed by atoms with Crippen molar-refractivity contribution in [2.45, 2.75) is 13.0 Å². The largest absolute Gasteiger partial charge is 0.493 e. The van der Waals surface area contributed by atoms with Crippen molar-refractivity contribution < 1.29 is 9.47 Å². The molecule has 0 unspecified atom stereocenters. The first-order valence-electron chi connectivity index (χ1n) is 7.04. The number of halogens is 1. The fraction of sp³-hybridized carbons (Fsp3) is 0.600. The van der Waals surface area contributed by atoms with Crippen LogP contribution >= 0.6 is 11.6 Å². The van der Waals surface area contributed by atoms with E-state index in [9.17, 15) is 0 Å². The topological polar surface area (TPSA) is 33.7 Å². The lowest BCUT2D eigenvalue weighted by Crippen LogP contribution is -2.23. The van der Waals surface area contributed by atoms with E-state index in [-0.39, 0.29) is 0 Å². The standard InChI is InChI=1S/C15H23ClN2O2/c1-18(2)5-8-19-7-4-17-11-13-10-14(16)9-12-3-6-20-15(12)13/h9-10,17H,3-8,11H2,1-2H3. The van der Waals surface area contributed by atoms with Gasteiger partial charge >= 0.3 is 0 Å². The molecule has 5 heteroatoms. The summed E-state index contributed by atoms with van der Waals surface area (Å²) in [6, 6.07) is 3.98. The van der Waals surface area contributed by atoms with Crippen LogP contribution in [0.1, 0.15) is 11.1 Å². The van der Waals surface area contributed by atoms with Crippen LogP contribution in [0.5, 0.6) is 5.75 Å². The van der Waals surface area contributed by atoms with Gasteiger partial charge in [-0.15, -0.1) is 0 Å². The first-order chi connectivity index (χ1) is 9.66. The highest BCUT2D eigenvalue weighted by atomic mass is 35.5. The average Bonchev–Trinajstić information content (AvgIpc) is 2.85. The van der Waals surface area contributed by atoms with E-state index >= 15 is 0 Å². The van der Waals surface area contributed by atoms with Crippen molar-refractivity contribution in [3.8, 4) is 5.75 Å². The third kappa shape index (κ3) is 4.63. The van der Waals surface area contributed by atoms with Crippen LogP contribution in [0.25, 0.3) is 0 Å². The number of rotatable bonds is 8. The molecule has 1 N–H and O–H groups in total. The highest BCUT2D eigenvalue weighted by Gasteiger charge is 2.17. The Morgan fingerprint density at radius 1 is 1.35 bits per heavy atom. The second kappa shape index (κ2) is 7.84. The van der Waals surface area contributed by atoms with E-state index in [4.69, 9.17) is 21.1 Å². The summed E-state index contributed by atoms with van der Waals surface area (Å²) in [4.78, 5) is 2.11. The third-order valence-corrected chi connectivity index (χ3v) is 3.47. The fourth-order valence-corrected chi connectivity index (χ4v) is 2.46. The molecule has 0 fully saturated rings. The number of nitrogens with zero attached hydrogens (tertiary/aromatic N) is 1. The lowest BCUT2D eigenvalue weighted by molar-refractivity contribution is 0.119. The van der Waals surface area contributed by atoms with Crippen LogP contribution in [-0.2, 0) is 17.7 Å². The molecule has 0 saturated carbocycles. The number of hydrogen-bond acceptors (Lipinski definition) is 4. The summed E-state index contributed by atoms with van der Waals surface area (Å²) in [6.07, 6.45) is 0.955. The molecule has 0 aromatic heterocycles. The van der Waals surface area contributed by atoms with Crippen LogP contribution in [0, 0.1) is 0 Å². The molecule has 2 rings (SSSR count). The SMILES string of the molecule is CN(C)CCOCCNCc1cc(Cl)cc2c1OCC2. The van der Waals surface area contributed by atoms with Crippen molar-refractivity contribution in [3.05, 3.63) is 28.3 Å². The molecule has 0 amide bonds. The molecule has 0 bridgehead atoms. The molecule has 0 radical (unpaired) electrons. The predicted octanol–water partition coefficient (Wildman–Crippen LogP) is 1.94. The zero-order valence-electron chi connectivity index (χ0n) is 12.2. The lowest BCUT2D eigenvalue weighted by atomic mass is 10.1. The molecule has 0 saturated heterocycles. The quantitative estimate of drug-likeness (QED) is 0.744. The first kappa shape index (κ1) is 15.6. The smallest absolute Gasteiger partial charge is 0.127 e. The van der Waals surface area contributed by atoms with Crippen molar-refractivity contribution in [1.82, 2.24) is 10.2 Å². The van der Waals surface area contributed by atoms with Crippen molar-refractivity contribution >= 4 is 11.6 Å². The average molecular weight is 299 g/mol. The van der Waals surface area contributed by atoms with Crippen LogP contribution in [0.2, 0.25) is 5.02 Å². The van der Waals surface area contributed by atoms with Crippen molar-refractivity contribution in [3.63, 3.8) is 0 Å². The third-order valence-electron chi connectivity index (χ3n) is 3.25. The predicted molar refractivity (Wildman–Crippen MR) is 81.7 cm³/mol. The summed E-state index contributed by atoms with van der Waals surface area (Å²) in [5, 5.41) is 4.15. The molecular formula is C15H23ClN2O2. The van der Waals surface area contributed by atoms with E-state index in [1.807, 2.05) is 26.2 Å². The minimum absolute atomic E-state index is 0.720. The molecule has 1 aromatic carbocycles. The fourth-order valence-electron chi connectivity index (χ4n) is 2.19. The Kier molecular flexibility index (Phi) is 6.10. The molecule has 1 aliphatic heterocycles. The Labute approximate surface area is 126 Å². The molecule has 1 aliphatic rings. The number of likely N-dealkylation sites (N-methyl/N-ethyl adjacent to an activating group) is 1. The van der Waals surface area contributed by atoms with Gasteiger partial charge in [0.05, 0.1) is 19.8 Å². The van der Waals surface area contributed by atoms with Gasteiger partial charge in [0.15, 0.2) is 0 Å². The maximum atomic E-state index is 6.13. The molecule has 4 nitrogen and oxygen atoms in total. The van der Waals surface area contributed by atoms with Gasteiger partial charge < -0.3 is 19.7 Å². The van der Waals surface area contributed by atoms with Gasteiger partial charge in [0.1, 0.15) is 5.75 Å². The maximum absolute atomic E-state index is 6.13.